The molecule has 0 atom stereocenters. The number of halogens is 1. The molecule has 0 saturated heterocycles. The standard InChI is InChI=1S/C20H20ClN3O/c1-14-8-11-19(24(14)2)20(25)23-16-9-10-18(17(21)12-16)22-13-15-6-4-3-5-7-15/h3-12,22H,13H2,1-2H3,(H,23,25). The van der Waals surface area contributed by atoms with Gasteiger partial charge in [-0.1, -0.05) is 41.9 Å². The van der Waals surface area contributed by atoms with Crippen molar-refractivity contribution in [2.24, 2.45) is 7.05 Å². The van der Waals surface area contributed by atoms with Gasteiger partial charge in [0.05, 0.1) is 10.7 Å². The van der Waals surface area contributed by atoms with Crippen molar-refractivity contribution in [1.82, 2.24) is 4.57 Å². The fraction of sp³-hybridized carbons (Fsp3) is 0.150. The molecular weight excluding hydrogens is 334 g/mol. The number of carbonyl (C=O) groups is 1. The largest absolute Gasteiger partial charge is 0.380 e. The van der Waals surface area contributed by atoms with E-state index in [2.05, 4.69) is 22.8 Å². The Balaban J connectivity index is 1.67. The average molecular weight is 354 g/mol. The van der Waals surface area contributed by atoms with Gasteiger partial charge >= 0.3 is 0 Å². The summed E-state index contributed by atoms with van der Waals surface area (Å²) in [6.45, 7) is 2.65. The van der Waals surface area contributed by atoms with Crippen molar-refractivity contribution in [2.75, 3.05) is 10.6 Å². The number of aryl methyl sites for hydroxylation is 1. The summed E-state index contributed by atoms with van der Waals surface area (Å²) in [6, 6.07) is 19.3. The summed E-state index contributed by atoms with van der Waals surface area (Å²) < 4.78 is 1.85. The molecule has 128 valence electrons. The van der Waals surface area contributed by atoms with Gasteiger partial charge in [-0.15, -0.1) is 0 Å². The zero-order chi connectivity index (χ0) is 17.8. The molecule has 0 aliphatic heterocycles. The molecule has 2 aromatic carbocycles. The SMILES string of the molecule is Cc1ccc(C(=O)Nc2ccc(NCc3ccccc3)c(Cl)c2)n1C. The molecule has 25 heavy (non-hydrogen) atoms. The summed E-state index contributed by atoms with van der Waals surface area (Å²) in [6.07, 6.45) is 0. The van der Waals surface area contributed by atoms with Gasteiger partial charge in [-0.25, -0.2) is 0 Å². The first-order valence-corrected chi connectivity index (χ1v) is 8.43. The second-order valence-electron chi connectivity index (χ2n) is 5.91. The van der Waals surface area contributed by atoms with Crippen LogP contribution in [0.1, 0.15) is 21.7 Å². The van der Waals surface area contributed by atoms with Crippen LogP contribution in [0.2, 0.25) is 5.02 Å². The van der Waals surface area contributed by atoms with Gasteiger partial charge in [0.25, 0.3) is 5.91 Å². The van der Waals surface area contributed by atoms with Crippen molar-refractivity contribution in [3.63, 3.8) is 0 Å². The fourth-order valence-electron chi connectivity index (χ4n) is 2.57. The Morgan fingerprint density at radius 3 is 2.48 bits per heavy atom. The second kappa shape index (κ2) is 7.45. The maximum absolute atomic E-state index is 12.4. The molecule has 0 radical (unpaired) electrons. The lowest BCUT2D eigenvalue weighted by Gasteiger charge is -2.11. The minimum atomic E-state index is -0.156. The minimum Gasteiger partial charge on any atom is -0.380 e. The van der Waals surface area contributed by atoms with Gasteiger partial charge < -0.3 is 15.2 Å². The van der Waals surface area contributed by atoms with Crippen LogP contribution in [0.3, 0.4) is 0 Å². The molecule has 0 unspecified atom stereocenters. The van der Waals surface area contributed by atoms with E-state index in [4.69, 9.17) is 11.6 Å². The van der Waals surface area contributed by atoms with Gasteiger partial charge in [0.2, 0.25) is 0 Å². The summed E-state index contributed by atoms with van der Waals surface area (Å²) in [4.78, 5) is 12.4. The molecule has 0 fully saturated rings. The van der Waals surface area contributed by atoms with Crippen molar-refractivity contribution in [3.8, 4) is 0 Å². The molecular formula is C20H20ClN3O. The van der Waals surface area contributed by atoms with E-state index >= 15 is 0 Å². The fourth-order valence-corrected chi connectivity index (χ4v) is 2.81. The van der Waals surface area contributed by atoms with Crippen LogP contribution in [0.25, 0.3) is 0 Å². The molecule has 1 heterocycles. The Morgan fingerprint density at radius 1 is 1.08 bits per heavy atom. The quantitative estimate of drug-likeness (QED) is 0.688. The third-order valence-electron chi connectivity index (χ3n) is 4.16. The highest BCUT2D eigenvalue weighted by Gasteiger charge is 2.12. The van der Waals surface area contributed by atoms with E-state index in [1.165, 1.54) is 5.56 Å². The van der Waals surface area contributed by atoms with E-state index in [9.17, 15) is 4.79 Å². The third-order valence-corrected chi connectivity index (χ3v) is 4.47. The van der Waals surface area contributed by atoms with Crippen LogP contribution in [0.5, 0.6) is 0 Å². The maximum atomic E-state index is 12.4. The van der Waals surface area contributed by atoms with Crippen LogP contribution in [0.4, 0.5) is 11.4 Å². The van der Waals surface area contributed by atoms with Crippen LogP contribution in [0, 0.1) is 6.92 Å². The number of rotatable bonds is 5. The van der Waals surface area contributed by atoms with Crippen LogP contribution < -0.4 is 10.6 Å². The maximum Gasteiger partial charge on any atom is 0.272 e. The molecule has 1 amide bonds. The molecule has 0 aliphatic rings. The second-order valence-corrected chi connectivity index (χ2v) is 6.31. The molecule has 4 nitrogen and oxygen atoms in total. The Hall–Kier alpha value is -2.72. The number of nitrogens with one attached hydrogen (secondary N) is 2. The zero-order valence-electron chi connectivity index (χ0n) is 14.2. The summed E-state index contributed by atoms with van der Waals surface area (Å²) in [5.41, 5.74) is 4.32. The Morgan fingerprint density at radius 2 is 1.84 bits per heavy atom. The molecule has 1 aromatic heterocycles. The Kier molecular flexibility index (Phi) is 5.10. The lowest BCUT2D eigenvalue weighted by atomic mass is 10.2. The van der Waals surface area contributed by atoms with E-state index in [1.54, 1.807) is 6.07 Å². The first-order valence-electron chi connectivity index (χ1n) is 8.05. The molecule has 0 aliphatic carbocycles. The summed E-state index contributed by atoms with van der Waals surface area (Å²) in [7, 11) is 1.87. The molecule has 2 N–H and O–H groups in total. The number of carbonyl (C=O) groups excluding carboxylic acids is 1. The van der Waals surface area contributed by atoms with Crippen molar-refractivity contribution < 1.29 is 4.79 Å². The highest BCUT2D eigenvalue weighted by atomic mass is 35.5. The van der Waals surface area contributed by atoms with Crippen LogP contribution in [0.15, 0.2) is 60.7 Å². The van der Waals surface area contributed by atoms with Gasteiger partial charge in [-0.2, -0.15) is 0 Å². The summed E-state index contributed by atoms with van der Waals surface area (Å²) in [5, 5.41) is 6.75. The highest BCUT2D eigenvalue weighted by molar-refractivity contribution is 6.33. The van der Waals surface area contributed by atoms with Crippen LogP contribution >= 0.6 is 11.6 Å². The first-order chi connectivity index (χ1) is 12.0. The van der Waals surface area contributed by atoms with E-state index in [0.717, 1.165) is 11.4 Å². The third kappa shape index (κ3) is 4.03. The molecule has 0 saturated carbocycles. The Bertz CT molecular complexity index is 887. The normalized spacial score (nSPS) is 10.5. The Labute approximate surface area is 152 Å². The van der Waals surface area contributed by atoms with Gasteiger partial charge in [-0.05, 0) is 42.8 Å². The lowest BCUT2D eigenvalue weighted by molar-refractivity contribution is 0.101. The summed E-state index contributed by atoms with van der Waals surface area (Å²) in [5.74, 6) is -0.156. The minimum absolute atomic E-state index is 0.156. The van der Waals surface area contributed by atoms with Crippen molar-refractivity contribution >= 4 is 28.9 Å². The topological polar surface area (TPSA) is 46.1 Å². The number of aromatic nitrogens is 1. The van der Waals surface area contributed by atoms with Gasteiger partial charge in [-0.3, -0.25) is 4.79 Å². The average Bonchev–Trinajstić information content (AvgIpc) is 2.94. The number of anilines is 2. The highest BCUT2D eigenvalue weighted by Crippen LogP contribution is 2.26. The van der Waals surface area contributed by atoms with Gasteiger partial charge in [0.15, 0.2) is 0 Å². The number of hydrogen-bond acceptors (Lipinski definition) is 2. The summed E-state index contributed by atoms with van der Waals surface area (Å²) >= 11 is 6.34. The van der Waals surface area contributed by atoms with E-state index in [0.29, 0.717) is 22.9 Å². The van der Waals surface area contributed by atoms with Gasteiger partial charge in [0, 0.05) is 25.0 Å². The molecule has 5 heteroatoms. The van der Waals surface area contributed by atoms with E-state index in [1.807, 2.05) is 61.0 Å². The van der Waals surface area contributed by atoms with E-state index < -0.39 is 0 Å². The predicted molar refractivity (Wildman–Crippen MR) is 103 cm³/mol. The lowest BCUT2D eigenvalue weighted by Crippen LogP contribution is -2.16. The first kappa shape index (κ1) is 17.1. The van der Waals surface area contributed by atoms with Crippen molar-refractivity contribution in [2.45, 2.75) is 13.5 Å². The number of benzene rings is 2. The predicted octanol–water partition coefficient (Wildman–Crippen LogP) is 4.85. The van der Waals surface area contributed by atoms with Gasteiger partial charge in [0.1, 0.15) is 5.69 Å². The van der Waals surface area contributed by atoms with Crippen LogP contribution in [-0.2, 0) is 13.6 Å². The van der Waals surface area contributed by atoms with E-state index in [-0.39, 0.29) is 5.91 Å². The smallest absolute Gasteiger partial charge is 0.272 e. The molecule has 3 rings (SSSR count). The number of amides is 1. The number of nitrogens with zero attached hydrogens (tertiary/aromatic N) is 1. The van der Waals surface area contributed by atoms with Crippen molar-refractivity contribution in [1.29, 1.82) is 0 Å². The molecule has 3 aromatic rings. The zero-order valence-corrected chi connectivity index (χ0v) is 15.0. The molecule has 0 spiro atoms. The molecule has 0 bridgehead atoms. The van der Waals surface area contributed by atoms with Crippen molar-refractivity contribution in [3.05, 3.63) is 82.6 Å². The van der Waals surface area contributed by atoms with Crippen LogP contribution in [-0.4, -0.2) is 10.5 Å². The number of hydrogen-bond donors (Lipinski definition) is 2. The monoisotopic (exact) mass is 353 g/mol.